The quantitative estimate of drug-likeness (QED) is 0.755. The van der Waals surface area contributed by atoms with Gasteiger partial charge in [0, 0.05) is 6.04 Å². The van der Waals surface area contributed by atoms with E-state index < -0.39 is 11.7 Å². The van der Waals surface area contributed by atoms with E-state index in [2.05, 4.69) is 15.3 Å². The number of para-hydroxylation sites is 1. The van der Waals surface area contributed by atoms with E-state index in [0.29, 0.717) is 22.3 Å². The number of halogens is 3. The van der Waals surface area contributed by atoms with Gasteiger partial charge >= 0.3 is 6.18 Å². The Morgan fingerprint density at radius 1 is 1.16 bits per heavy atom. The van der Waals surface area contributed by atoms with Crippen molar-refractivity contribution in [3.8, 4) is 0 Å². The summed E-state index contributed by atoms with van der Waals surface area (Å²) in [5.41, 5.74) is 0.165. The molecule has 0 saturated carbocycles. The molecular formula is C18H16F3N3O. The molecule has 0 saturated heterocycles. The maximum atomic E-state index is 12.8. The van der Waals surface area contributed by atoms with Gasteiger partial charge in [0.1, 0.15) is 5.82 Å². The number of alkyl halides is 3. The van der Waals surface area contributed by atoms with E-state index in [0.717, 1.165) is 12.1 Å². The molecule has 0 spiro atoms. The molecule has 25 heavy (non-hydrogen) atoms. The number of H-pyrrole nitrogens is 1. The molecule has 130 valence electrons. The van der Waals surface area contributed by atoms with E-state index in [9.17, 15) is 18.0 Å². The molecular weight excluding hydrogens is 331 g/mol. The van der Waals surface area contributed by atoms with Crippen molar-refractivity contribution < 1.29 is 13.2 Å². The summed E-state index contributed by atoms with van der Waals surface area (Å²) in [5, 5.41) is 3.58. The third kappa shape index (κ3) is 3.88. The Balaban J connectivity index is 1.77. The monoisotopic (exact) mass is 347 g/mol. The van der Waals surface area contributed by atoms with Crippen LogP contribution in [-0.4, -0.2) is 9.97 Å². The molecule has 0 unspecified atom stereocenters. The van der Waals surface area contributed by atoms with Gasteiger partial charge in [-0.3, -0.25) is 4.79 Å². The summed E-state index contributed by atoms with van der Waals surface area (Å²) in [6.45, 7) is 1.99. The van der Waals surface area contributed by atoms with Gasteiger partial charge in [-0.25, -0.2) is 4.98 Å². The lowest BCUT2D eigenvalue weighted by molar-refractivity contribution is -0.137. The van der Waals surface area contributed by atoms with Crippen molar-refractivity contribution in [1.29, 1.82) is 0 Å². The first-order valence-corrected chi connectivity index (χ1v) is 7.73. The molecule has 1 heterocycles. The third-order valence-corrected chi connectivity index (χ3v) is 3.95. The Morgan fingerprint density at radius 2 is 1.92 bits per heavy atom. The van der Waals surface area contributed by atoms with E-state index in [-0.39, 0.29) is 18.1 Å². The number of aromatic nitrogens is 2. The Hall–Kier alpha value is -2.67. The fourth-order valence-corrected chi connectivity index (χ4v) is 2.57. The van der Waals surface area contributed by atoms with Gasteiger partial charge in [-0.1, -0.05) is 24.3 Å². The molecule has 2 aromatic carbocycles. The lowest BCUT2D eigenvalue weighted by Crippen LogP contribution is -2.22. The molecule has 0 radical (unpaired) electrons. The van der Waals surface area contributed by atoms with E-state index in [1.807, 2.05) is 0 Å². The standard InChI is InChI=1S/C18H16F3N3O/c1-11(12-5-4-6-13(9-12)18(19,20)21)22-10-16-23-15-8-3-2-7-14(15)17(25)24-16/h2-9,11,22H,10H2,1H3,(H,23,24,25)/t11-/m0/s1. The zero-order chi connectivity index (χ0) is 18.0. The minimum atomic E-state index is -4.37. The summed E-state index contributed by atoms with van der Waals surface area (Å²) >= 11 is 0. The number of aromatic amines is 1. The maximum Gasteiger partial charge on any atom is 0.416 e. The van der Waals surface area contributed by atoms with Gasteiger partial charge in [0.2, 0.25) is 0 Å². The zero-order valence-electron chi connectivity index (χ0n) is 13.4. The van der Waals surface area contributed by atoms with E-state index in [1.54, 1.807) is 37.3 Å². The lowest BCUT2D eigenvalue weighted by atomic mass is 10.0. The summed E-state index contributed by atoms with van der Waals surface area (Å²) in [6, 6.07) is 11.8. The van der Waals surface area contributed by atoms with Crippen LogP contribution in [0.2, 0.25) is 0 Å². The highest BCUT2D eigenvalue weighted by atomic mass is 19.4. The van der Waals surface area contributed by atoms with Crippen LogP contribution in [0.15, 0.2) is 53.3 Å². The SMILES string of the molecule is C[C@H](NCc1nc2ccccc2c(=O)[nH]1)c1cccc(C(F)(F)F)c1. The molecule has 0 aliphatic heterocycles. The molecule has 7 heteroatoms. The molecule has 0 amide bonds. The Morgan fingerprint density at radius 3 is 2.68 bits per heavy atom. The molecule has 3 aromatic rings. The number of fused-ring (bicyclic) bond motifs is 1. The first-order chi connectivity index (χ1) is 11.8. The average molecular weight is 347 g/mol. The second-order valence-electron chi connectivity index (χ2n) is 5.76. The Bertz CT molecular complexity index is 950. The first kappa shape index (κ1) is 17.2. The van der Waals surface area contributed by atoms with Crippen molar-refractivity contribution in [1.82, 2.24) is 15.3 Å². The third-order valence-electron chi connectivity index (χ3n) is 3.95. The molecule has 3 rings (SSSR count). The van der Waals surface area contributed by atoms with Crippen LogP contribution in [0.1, 0.15) is 29.9 Å². The molecule has 0 aliphatic carbocycles. The van der Waals surface area contributed by atoms with Gasteiger partial charge in [-0.05, 0) is 36.8 Å². The minimum Gasteiger partial charge on any atom is -0.309 e. The Kier molecular flexibility index (Phi) is 4.59. The number of nitrogens with zero attached hydrogens (tertiary/aromatic N) is 1. The van der Waals surface area contributed by atoms with Crippen molar-refractivity contribution in [3.05, 3.63) is 75.8 Å². The first-order valence-electron chi connectivity index (χ1n) is 7.73. The highest BCUT2D eigenvalue weighted by Crippen LogP contribution is 2.30. The van der Waals surface area contributed by atoms with Crippen molar-refractivity contribution in [2.75, 3.05) is 0 Å². The molecule has 2 N–H and O–H groups in total. The molecule has 0 bridgehead atoms. The normalized spacial score (nSPS) is 13.1. The summed E-state index contributed by atoms with van der Waals surface area (Å²) in [4.78, 5) is 19.1. The molecule has 1 aromatic heterocycles. The fraction of sp³-hybridized carbons (Fsp3) is 0.222. The van der Waals surface area contributed by atoms with Crippen LogP contribution in [0.5, 0.6) is 0 Å². The average Bonchev–Trinajstić information content (AvgIpc) is 2.59. The summed E-state index contributed by atoms with van der Waals surface area (Å²) in [6.07, 6.45) is -4.37. The second kappa shape index (κ2) is 6.68. The lowest BCUT2D eigenvalue weighted by Gasteiger charge is -2.16. The molecule has 0 fully saturated rings. The summed E-state index contributed by atoms with van der Waals surface area (Å²) in [7, 11) is 0. The Labute approximate surface area is 141 Å². The maximum absolute atomic E-state index is 12.8. The molecule has 0 aliphatic rings. The zero-order valence-corrected chi connectivity index (χ0v) is 13.4. The van der Waals surface area contributed by atoms with Crippen molar-refractivity contribution >= 4 is 10.9 Å². The topological polar surface area (TPSA) is 57.8 Å². The van der Waals surface area contributed by atoms with Gasteiger partial charge in [0.25, 0.3) is 5.56 Å². The van der Waals surface area contributed by atoms with Crippen molar-refractivity contribution in [2.45, 2.75) is 25.7 Å². The van der Waals surface area contributed by atoms with E-state index in [1.165, 1.54) is 6.07 Å². The smallest absolute Gasteiger partial charge is 0.309 e. The van der Waals surface area contributed by atoms with Gasteiger partial charge in [0.15, 0.2) is 0 Å². The molecule has 1 atom stereocenters. The van der Waals surface area contributed by atoms with Gasteiger partial charge in [-0.15, -0.1) is 0 Å². The number of rotatable bonds is 4. The number of hydrogen-bond acceptors (Lipinski definition) is 3. The van der Waals surface area contributed by atoms with Crippen LogP contribution in [-0.2, 0) is 12.7 Å². The second-order valence-corrected chi connectivity index (χ2v) is 5.76. The summed E-state index contributed by atoms with van der Waals surface area (Å²) in [5.74, 6) is 0.433. The van der Waals surface area contributed by atoms with Crippen molar-refractivity contribution in [3.63, 3.8) is 0 Å². The van der Waals surface area contributed by atoms with Crippen LogP contribution < -0.4 is 10.9 Å². The molecule has 4 nitrogen and oxygen atoms in total. The number of nitrogens with one attached hydrogen (secondary N) is 2. The fourth-order valence-electron chi connectivity index (χ4n) is 2.57. The van der Waals surface area contributed by atoms with Crippen LogP contribution in [0.25, 0.3) is 10.9 Å². The predicted molar refractivity (Wildman–Crippen MR) is 89.1 cm³/mol. The van der Waals surface area contributed by atoms with Gasteiger partial charge in [-0.2, -0.15) is 13.2 Å². The van der Waals surface area contributed by atoms with Crippen LogP contribution in [0, 0.1) is 0 Å². The number of hydrogen-bond donors (Lipinski definition) is 2. The van der Waals surface area contributed by atoms with E-state index in [4.69, 9.17) is 0 Å². The van der Waals surface area contributed by atoms with Gasteiger partial charge in [0.05, 0.1) is 23.0 Å². The van der Waals surface area contributed by atoms with Crippen LogP contribution >= 0.6 is 0 Å². The van der Waals surface area contributed by atoms with Crippen LogP contribution in [0.4, 0.5) is 13.2 Å². The highest BCUT2D eigenvalue weighted by molar-refractivity contribution is 5.77. The van der Waals surface area contributed by atoms with E-state index >= 15 is 0 Å². The van der Waals surface area contributed by atoms with Gasteiger partial charge < -0.3 is 10.3 Å². The predicted octanol–water partition coefficient (Wildman–Crippen LogP) is 3.79. The number of benzene rings is 2. The highest BCUT2D eigenvalue weighted by Gasteiger charge is 2.30. The van der Waals surface area contributed by atoms with Crippen molar-refractivity contribution in [2.24, 2.45) is 0 Å². The minimum absolute atomic E-state index is 0.234. The van der Waals surface area contributed by atoms with Crippen LogP contribution in [0.3, 0.4) is 0 Å². The largest absolute Gasteiger partial charge is 0.416 e. The summed E-state index contributed by atoms with van der Waals surface area (Å²) < 4.78 is 38.4.